The number of aromatic nitrogens is 2. The lowest BCUT2D eigenvalue weighted by molar-refractivity contribution is 0.413. The van der Waals surface area contributed by atoms with Crippen molar-refractivity contribution in [2.75, 3.05) is 19.0 Å². The Balaban J connectivity index is 2.38. The van der Waals surface area contributed by atoms with Crippen LogP contribution in [0, 0.1) is 13.8 Å². The predicted octanol–water partition coefficient (Wildman–Crippen LogP) is 3.71. The molecule has 1 heterocycles. The summed E-state index contributed by atoms with van der Waals surface area (Å²) in [4.78, 5) is 4.56. The Hall–Kier alpha value is -1.97. The zero-order valence-electron chi connectivity index (χ0n) is 12.7. The minimum absolute atomic E-state index is 0.853. The molecule has 4 heteroatoms. The number of unbranched alkanes of at least 4 members (excludes halogenated alkanes) is 1. The highest BCUT2D eigenvalue weighted by molar-refractivity contribution is 5.53. The van der Waals surface area contributed by atoms with Crippen LogP contribution in [-0.4, -0.2) is 23.2 Å². The van der Waals surface area contributed by atoms with Crippen molar-refractivity contribution in [3.05, 3.63) is 35.7 Å². The Labute approximate surface area is 120 Å². The van der Waals surface area contributed by atoms with Crippen LogP contribution in [0.2, 0.25) is 0 Å². The van der Waals surface area contributed by atoms with Gasteiger partial charge in [-0.3, -0.25) is 4.57 Å². The van der Waals surface area contributed by atoms with Crippen molar-refractivity contribution >= 4 is 5.95 Å². The Morgan fingerprint density at radius 2 is 2.10 bits per heavy atom. The number of methoxy groups -OCH3 is 1. The third-order valence-corrected chi connectivity index (χ3v) is 3.23. The van der Waals surface area contributed by atoms with Gasteiger partial charge in [0, 0.05) is 12.7 Å². The Morgan fingerprint density at radius 1 is 1.30 bits per heavy atom. The van der Waals surface area contributed by atoms with Gasteiger partial charge in [0.15, 0.2) is 0 Å². The number of rotatable bonds is 6. The summed E-state index contributed by atoms with van der Waals surface area (Å²) in [6.07, 6.45) is 4.34. The van der Waals surface area contributed by atoms with Crippen LogP contribution in [-0.2, 0) is 0 Å². The van der Waals surface area contributed by atoms with E-state index in [2.05, 4.69) is 40.8 Å². The minimum Gasteiger partial charge on any atom is -0.495 e. The third-order valence-electron chi connectivity index (χ3n) is 3.23. The standard InChI is InChI=1S/C16H23N3O/c1-5-6-9-17-16-18-13(3)11-19(16)14-10-12(2)7-8-15(14)20-4/h7-8,10-11H,5-6,9H2,1-4H3,(H,17,18). The van der Waals surface area contributed by atoms with Crippen LogP contribution in [0.15, 0.2) is 24.4 Å². The van der Waals surface area contributed by atoms with Crippen molar-refractivity contribution in [3.63, 3.8) is 0 Å². The molecule has 0 fully saturated rings. The minimum atomic E-state index is 0.853. The van der Waals surface area contributed by atoms with Gasteiger partial charge in [-0.15, -0.1) is 0 Å². The predicted molar refractivity (Wildman–Crippen MR) is 83.0 cm³/mol. The average molecular weight is 273 g/mol. The van der Waals surface area contributed by atoms with Crippen LogP contribution in [0.25, 0.3) is 5.69 Å². The van der Waals surface area contributed by atoms with Crippen LogP contribution in [0.1, 0.15) is 31.0 Å². The number of imidazole rings is 1. The van der Waals surface area contributed by atoms with Crippen molar-refractivity contribution in [1.29, 1.82) is 0 Å². The van der Waals surface area contributed by atoms with Gasteiger partial charge in [-0.25, -0.2) is 4.98 Å². The van der Waals surface area contributed by atoms with Gasteiger partial charge in [-0.1, -0.05) is 19.4 Å². The van der Waals surface area contributed by atoms with Crippen molar-refractivity contribution in [3.8, 4) is 11.4 Å². The number of hydrogen-bond donors (Lipinski definition) is 1. The molecule has 1 aromatic heterocycles. The third kappa shape index (κ3) is 3.13. The zero-order chi connectivity index (χ0) is 14.5. The van der Waals surface area contributed by atoms with Gasteiger partial charge >= 0.3 is 0 Å². The second-order valence-electron chi connectivity index (χ2n) is 5.03. The van der Waals surface area contributed by atoms with E-state index in [-0.39, 0.29) is 0 Å². The van der Waals surface area contributed by atoms with Crippen LogP contribution < -0.4 is 10.1 Å². The van der Waals surface area contributed by atoms with Crippen molar-refractivity contribution < 1.29 is 4.74 Å². The first-order valence-electron chi connectivity index (χ1n) is 7.10. The molecule has 0 aliphatic heterocycles. The van der Waals surface area contributed by atoms with Crippen molar-refractivity contribution in [2.45, 2.75) is 33.6 Å². The van der Waals surface area contributed by atoms with Crippen molar-refractivity contribution in [2.24, 2.45) is 0 Å². The fraction of sp³-hybridized carbons (Fsp3) is 0.438. The molecule has 0 bridgehead atoms. The highest BCUT2D eigenvalue weighted by atomic mass is 16.5. The lowest BCUT2D eigenvalue weighted by Crippen LogP contribution is -2.08. The fourth-order valence-corrected chi connectivity index (χ4v) is 2.17. The largest absolute Gasteiger partial charge is 0.495 e. The Morgan fingerprint density at radius 3 is 2.80 bits per heavy atom. The first-order valence-corrected chi connectivity index (χ1v) is 7.10. The molecule has 2 rings (SSSR count). The van der Waals surface area contributed by atoms with E-state index in [0.717, 1.165) is 36.0 Å². The maximum Gasteiger partial charge on any atom is 0.207 e. The summed E-state index contributed by atoms with van der Waals surface area (Å²) in [5, 5.41) is 3.40. The van der Waals surface area contributed by atoms with Gasteiger partial charge in [0.05, 0.1) is 18.5 Å². The normalized spacial score (nSPS) is 10.6. The summed E-state index contributed by atoms with van der Waals surface area (Å²) in [5.74, 6) is 1.73. The summed E-state index contributed by atoms with van der Waals surface area (Å²) >= 11 is 0. The topological polar surface area (TPSA) is 39.1 Å². The molecule has 0 atom stereocenters. The summed E-state index contributed by atoms with van der Waals surface area (Å²) in [6, 6.07) is 6.16. The molecular weight excluding hydrogens is 250 g/mol. The Kier molecular flexibility index (Phi) is 4.66. The van der Waals surface area contributed by atoms with E-state index in [1.165, 1.54) is 12.0 Å². The molecule has 0 spiro atoms. The average Bonchev–Trinajstić information content (AvgIpc) is 2.80. The van der Waals surface area contributed by atoms with Gasteiger partial charge in [0.25, 0.3) is 0 Å². The van der Waals surface area contributed by atoms with Gasteiger partial charge < -0.3 is 10.1 Å². The monoisotopic (exact) mass is 273 g/mol. The first-order chi connectivity index (χ1) is 9.65. The number of ether oxygens (including phenoxy) is 1. The second kappa shape index (κ2) is 6.46. The summed E-state index contributed by atoms with van der Waals surface area (Å²) < 4.78 is 7.53. The van der Waals surface area contributed by atoms with E-state index in [1.54, 1.807) is 7.11 Å². The molecule has 0 amide bonds. The second-order valence-corrected chi connectivity index (χ2v) is 5.03. The van der Waals surface area contributed by atoms with Gasteiger partial charge in [-0.05, 0) is 38.0 Å². The molecule has 2 aromatic rings. The number of hydrogen-bond acceptors (Lipinski definition) is 3. The SMILES string of the molecule is CCCCNc1nc(C)cn1-c1cc(C)ccc1OC. The summed E-state index contributed by atoms with van der Waals surface area (Å²) in [6.45, 7) is 7.20. The maximum absolute atomic E-state index is 5.47. The van der Waals surface area contributed by atoms with Gasteiger partial charge in [0.2, 0.25) is 5.95 Å². The number of benzene rings is 1. The van der Waals surface area contributed by atoms with Gasteiger partial charge in [-0.2, -0.15) is 0 Å². The molecule has 0 saturated carbocycles. The maximum atomic E-state index is 5.47. The van der Waals surface area contributed by atoms with E-state index in [0.29, 0.717) is 0 Å². The molecule has 0 radical (unpaired) electrons. The summed E-state index contributed by atoms with van der Waals surface area (Å²) in [7, 11) is 1.70. The molecule has 0 unspecified atom stereocenters. The zero-order valence-corrected chi connectivity index (χ0v) is 12.7. The van der Waals surface area contributed by atoms with Crippen LogP contribution in [0.5, 0.6) is 5.75 Å². The van der Waals surface area contributed by atoms with Crippen molar-refractivity contribution in [1.82, 2.24) is 9.55 Å². The number of aryl methyl sites for hydroxylation is 2. The van der Waals surface area contributed by atoms with E-state index in [9.17, 15) is 0 Å². The lowest BCUT2D eigenvalue weighted by Gasteiger charge is -2.13. The highest BCUT2D eigenvalue weighted by Crippen LogP contribution is 2.27. The molecule has 0 aliphatic carbocycles. The van der Waals surface area contributed by atoms with E-state index in [4.69, 9.17) is 4.74 Å². The van der Waals surface area contributed by atoms with E-state index < -0.39 is 0 Å². The van der Waals surface area contributed by atoms with Crippen LogP contribution >= 0.6 is 0 Å². The quantitative estimate of drug-likeness (QED) is 0.815. The first kappa shape index (κ1) is 14.4. The highest BCUT2D eigenvalue weighted by Gasteiger charge is 2.11. The fourth-order valence-electron chi connectivity index (χ4n) is 2.17. The number of anilines is 1. The molecular formula is C16H23N3O. The smallest absolute Gasteiger partial charge is 0.207 e. The molecule has 4 nitrogen and oxygen atoms in total. The van der Waals surface area contributed by atoms with E-state index in [1.807, 2.05) is 19.2 Å². The number of nitrogens with zero attached hydrogens (tertiary/aromatic N) is 2. The van der Waals surface area contributed by atoms with Gasteiger partial charge in [0.1, 0.15) is 5.75 Å². The molecule has 0 aliphatic rings. The van der Waals surface area contributed by atoms with E-state index >= 15 is 0 Å². The number of nitrogens with one attached hydrogen (secondary N) is 1. The molecule has 108 valence electrons. The Bertz CT molecular complexity index is 575. The molecule has 1 N–H and O–H groups in total. The lowest BCUT2D eigenvalue weighted by atomic mass is 10.2. The molecule has 20 heavy (non-hydrogen) atoms. The van der Waals surface area contributed by atoms with Crippen LogP contribution in [0.3, 0.4) is 0 Å². The molecule has 0 saturated heterocycles. The summed E-state index contributed by atoms with van der Waals surface area (Å²) in [5.41, 5.74) is 3.21. The van der Waals surface area contributed by atoms with Crippen LogP contribution in [0.4, 0.5) is 5.95 Å². The molecule has 1 aromatic carbocycles.